The summed E-state index contributed by atoms with van der Waals surface area (Å²) in [6.45, 7) is 2.95. The van der Waals surface area contributed by atoms with Crippen LogP contribution in [-0.4, -0.2) is 36.5 Å². The van der Waals surface area contributed by atoms with Gasteiger partial charge in [-0.1, -0.05) is 0 Å². The van der Waals surface area contributed by atoms with Gasteiger partial charge in [-0.25, -0.2) is 0 Å². The summed E-state index contributed by atoms with van der Waals surface area (Å²) in [6, 6.07) is 0. The van der Waals surface area contributed by atoms with Gasteiger partial charge in [0.2, 0.25) is 0 Å². The molecule has 1 aliphatic heterocycles. The minimum atomic E-state index is -0.400. The molecule has 4 heteroatoms. The third-order valence-corrected chi connectivity index (χ3v) is 1.66. The summed E-state index contributed by atoms with van der Waals surface area (Å²) < 4.78 is 5.13. The minimum Gasteiger partial charge on any atom is -0.367 e. The van der Waals surface area contributed by atoms with Gasteiger partial charge in [0, 0.05) is 0 Å². The average molecular weight is 154 g/mol. The number of rotatable bonds is 1. The van der Waals surface area contributed by atoms with Gasteiger partial charge in [-0.05, 0) is 6.92 Å². The van der Waals surface area contributed by atoms with Crippen molar-refractivity contribution in [1.29, 1.82) is 5.26 Å². The van der Waals surface area contributed by atoms with E-state index in [1.807, 2.05) is 6.19 Å². The average Bonchev–Trinajstić information content (AvgIpc) is 2.05. The van der Waals surface area contributed by atoms with Gasteiger partial charge in [0.25, 0.3) is 0 Å². The number of Topliss-reactive ketones (excluding diaryl/α,β-unsaturated/α-hetero) is 1. The first-order valence-corrected chi connectivity index (χ1v) is 3.51. The number of ether oxygens (including phenoxy) is 1. The van der Waals surface area contributed by atoms with Crippen LogP contribution in [0.3, 0.4) is 0 Å². The third kappa shape index (κ3) is 1.92. The number of morpholine rings is 1. The van der Waals surface area contributed by atoms with Crippen LogP contribution in [0, 0.1) is 11.5 Å². The molecule has 1 rings (SSSR count). The smallest absolute Gasteiger partial charge is 0.179 e. The SMILES string of the molecule is CC(=O)[C@@H]1CN(C#N)CCO1. The van der Waals surface area contributed by atoms with Crippen LogP contribution < -0.4 is 0 Å². The van der Waals surface area contributed by atoms with Crippen LogP contribution in [0.5, 0.6) is 0 Å². The molecule has 1 atom stereocenters. The third-order valence-electron chi connectivity index (χ3n) is 1.66. The Labute approximate surface area is 65.4 Å². The van der Waals surface area contributed by atoms with Gasteiger partial charge in [0.1, 0.15) is 6.10 Å². The van der Waals surface area contributed by atoms with Gasteiger partial charge in [0.05, 0.1) is 19.7 Å². The molecule has 0 aliphatic carbocycles. The van der Waals surface area contributed by atoms with Gasteiger partial charge < -0.3 is 9.64 Å². The highest BCUT2D eigenvalue weighted by molar-refractivity contribution is 5.80. The predicted molar refractivity (Wildman–Crippen MR) is 37.6 cm³/mol. The first kappa shape index (κ1) is 8.02. The van der Waals surface area contributed by atoms with Crippen LogP contribution >= 0.6 is 0 Å². The van der Waals surface area contributed by atoms with Crippen molar-refractivity contribution in [3.05, 3.63) is 0 Å². The quantitative estimate of drug-likeness (QED) is 0.489. The summed E-state index contributed by atoms with van der Waals surface area (Å²) in [4.78, 5) is 12.3. The van der Waals surface area contributed by atoms with Crippen molar-refractivity contribution in [2.75, 3.05) is 19.7 Å². The van der Waals surface area contributed by atoms with E-state index in [4.69, 9.17) is 10.00 Å². The zero-order valence-electron chi connectivity index (χ0n) is 6.41. The Balaban J connectivity index is 2.47. The Morgan fingerprint density at radius 2 is 2.55 bits per heavy atom. The maximum Gasteiger partial charge on any atom is 0.179 e. The number of carbonyl (C=O) groups excluding carboxylic acids is 1. The monoisotopic (exact) mass is 154 g/mol. The molecule has 1 fully saturated rings. The number of nitriles is 1. The molecular weight excluding hydrogens is 144 g/mol. The minimum absolute atomic E-state index is 0.00931. The molecule has 11 heavy (non-hydrogen) atoms. The lowest BCUT2D eigenvalue weighted by atomic mass is 10.2. The van der Waals surface area contributed by atoms with Gasteiger partial charge in [0.15, 0.2) is 12.0 Å². The highest BCUT2D eigenvalue weighted by atomic mass is 16.5. The lowest BCUT2D eigenvalue weighted by Crippen LogP contribution is -2.42. The number of hydrogen-bond acceptors (Lipinski definition) is 4. The molecule has 0 aromatic carbocycles. The van der Waals surface area contributed by atoms with E-state index in [0.29, 0.717) is 19.7 Å². The van der Waals surface area contributed by atoms with Crippen LogP contribution in [0.25, 0.3) is 0 Å². The molecule has 0 radical (unpaired) electrons. The summed E-state index contributed by atoms with van der Waals surface area (Å²) >= 11 is 0. The van der Waals surface area contributed by atoms with Crippen molar-refractivity contribution in [3.63, 3.8) is 0 Å². The number of nitrogens with zero attached hydrogens (tertiary/aromatic N) is 2. The van der Waals surface area contributed by atoms with Gasteiger partial charge >= 0.3 is 0 Å². The summed E-state index contributed by atoms with van der Waals surface area (Å²) in [6.07, 6.45) is 1.59. The molecule has 0 bridgehead atoms. The standard InChI is InChI=1S/C7H10N2O2/c1-6(10)7-4-9(5-8)2-3-11-7/h7H,2-4H2,1H3/t7-/m0/s1. The van der Waals surface area contributed by atoms with E-state index in [9.17, 15) is 4.79 Å². The fourth-order valence-electron chi connectivity index (χ4n) is 0.986. The Hall–Kier alpha value is -1.08. The molecule has 0 spiro atoms. The van der Waals surface area contributed by atoms with Crippen molar-refractivity contribution in [2.45, 2.75) is 13.0 Å². The van der Waals surface area contributed by atoms with Crippen molar-refractivity contribution >= 4 is 5.78 Å². The van der Waals surface area contributed by atoms with Crippen LogP contribution in [0.2, 0.25) is 0 Å². The summed E-state index contributed by atoms with van der Waals surface area (Å²) in [7, 11) is 0. The molecule has 0 N–H and O–H groups in total. The lowest BCUT2D eigenvalue weighted by Gasteiger charge is -2.27. The molecule has 60 valence electrons. The van der Waals surface area contributed by atoms with Crippen LogP contribution in [-0.2, 0) is 9.53 Å². The second kappa shape index (κ2) is 3.35. The highest BCUT2D eigenvalue weighted by Gasteiger charge is 2.22. The van der Waals surface area contributed by atoms with E-state index in [1.165, 1.54) is 11.8 Å². The maximum absolute atomic E-state index is 10.8. The van der Waals surface area contributed by atoms with Crippen molar-refractivity contribution in [1.82, 2.24) is 4.90 Å². The van der Waals surface area contributed by atoms with Gasteiger partial charge in [-0.2, -0.15) is 5.26 Å². The summed E-state index contributed by atoms with van der Waals surface area (Å²) in [5.74, 6) is -0.00931. The first-order valence-electron chi connectivity index (χ1n) is 3.51. The zero-order valence-corrected chi connectivity index (χ0v) is 6.41. The molecule has 1 saturated heterocycles. The van der Waals surface area contributed by atoms with Crippen LogP contribution in [0.15, 0.2) is 0 Å². The maximum atomic E-state index is 10.8. The molecule has 0 saturated carbocycles. The first-order chi connectivity index (χ1) is 5.24. The second-order valence-electron chi connectivity index (χ2n) is 2.52. The fraction of sp³-hybridized carbons (Fsp3) is 0.714. The summed E-state index contributed by atoms with van der Waals surface area (Å²) in [5.41, 5.74) is 0. The van der Waals surface area contributed by atoms with Crippen LogP contribution in [0.4, 0.5) is 0 Å². The predicted octanol–water partition coefficient (Wildman–Crippen LogP) is -0.243. The second-order valence-corrected chi connectivity index (χ2v) is 2.52. The fourth-order valence-corrected chi connectivity index (χ4v) is 0.986. The highest BCUT2D eigenvalue weighted by Crippen LogP contribution is 2.04. The molecule has 0 amide bonds. The molecule has 1 heterocycles. The van der Waals surface area contributed by atoms with E-state index in [-0.39, 0.29) is 5.78 Å². The van der Waals surface area contributed by atoms with Crippen LogP contribution in [0.1, 0.15) is 6.92 Å². The van der Waals surface area contributed by atoms with E-state index in [1.54, 1.807) is 0 Å². The molecule has 1 aliphatic rings. The van der Waals surface area contributed by atoms with Gasteiger partial charge in [-0.15, -0.1) is 0 Å². The van der Waals surface area contributed by atoms with E-state index >= 15 is 0 Å². The summed E-state index contributed by atoms with van der Waals surface area (Å²) in [5, 5.41) is 8.50. The van der Waals surface area contributed by atoms with E-state index in [2.05, 4.69) is 0 Å². The normalized spacial score (nSPS) is 24.4. The van der Waals surface area contributed by atoms with Crippen molar-refractivity contribution in [3.8, 4) is 6.19 Å². The molecule has 0 unspecified atom stereocenters. The zero-order chi connectivity index (χ0) is 8.27. The number of ketones is 1. The Morgan fingerprint density at radius 3 is 3.09 bits per heavy atom. The molecule has 0 aromatic heterocycles. The number of hydrogen-bond donors (Lipinski definition) is 0. The Kier molecular flexibility index (Phi) is 2.44. The Morgan fingerprint density at radius 1 is 1.82 bits per heavy atom. The van der Waals surface area contributed by atoms with Gasteiger partial charge in [-0.3, -0.25) is 4.79 Å². The van der Waals surface area contributed by atoms with E-state index < -0.39 is 6.10 Å². The number of carbonyl (C=O) groups is 1. The topological polar surface area (TPSA) is 53.3 Å². The van der Waals surface area contributed by atoms with Crippen molar-refractivity contribution in [2.24, 2.45) is 0 Å². The largest absolute Gasteiger partial charge is 0.367 e. The lowest BCUT2D eigenvalue weighted by molar-refractivity contribution is -0.132. The van der Waals surface area contributed by atoms with E-state index in [0.717, 1.165) is 0 Å². The van der Waals surface area contributed by atoms with Crippen molar-refractivity contribution < 1.29 is 9.53 Å². The molecule has 0 aromatic rings. The Bertz CT molecular complexity index is 197. The molecular formula is C7H10N2O2. The molecule has 4 nitrogen and oxygen atoms in total.